The standard InChI is InChI=1S/C14H24BrClO5/c1-14(2,3)13(19)20-5-4-11-8(15)6-9(16)12(21-11)10(18)7-17/h8-12,17-18H,4-7H2,1-3H3/t8-,9+,10+,11-,12-/m1/s1. The number of hydrogen-bond donors (Lipinski definition) is 2. The van der Waals surface area contributed by atoms with E-state index in [1.807, 2.05) is 0 Å². The van der Waals surface area contributed by atoms with Gasteiger partial charge in [-0.2, -0.15) is 0 Å². The lowest BCUT2D eigenvalue weighted by molar-refractivity contribution is -0.155. The summed E-state index contributed by atoms with van der Waals surface area (Å²) in [6, 6.07) is 0. The SMILES string of the molecule is CC(C)(C)C(=O)OCC[C@H]1O[C@@H]([C@@H](O)CO)[C@@H](Cl)C[C@H]1Br. The average Bonchev–Trinajstić information content (AvgIpc) is 2.39. The van der Waals surface area contributed by atoms with Crippen LogP contribution in [0.2, 0.25) is 0 Å². The molecule has 1 aliphatic rings. The molecule has 0 unspecified atom stereocenters. The lowest BCUT2D eigenvalue weighted by Crippen LogP contribution is -2.49. The van der Waals surface area contributed by atoms with E-state index in [1.165, 1.54) is 0 Å². The van der Waals surface area contributed by atoms with Crippen molar-refractivity contribution in [3.63, 3.8) is 0 Å². The highest BCUT2D eigenvalue weighted by Crippen LogP contribution is 2.32. The third-order valence-corrected chi connectivity index (χ3v) is 4.75. The quantitative estimate of drug-likeness (QED) is 0.556. The van der Waals surface area contributed by atoms with E-state index >= 15 is 0 Å². The number of aliphatic hydroxyl groups excluding tert-OH is 2. The summed E-state index contributed by atoms with van der Waals surface area (Å²) in [5.74, 6) is -0.258. The smallest absolute Gasteiger partial charge is 0.311 e. The van der Waals surface area contributed by atoms with E-state index in [0.717, 1.165) is 0 Å². The predicted molar refractivity (Wildman–Crippen MR) is 83.8 cm³/mol. The van der Waals surface area contributed by atoms with Crippen LogP contribution in [0, 0.1) is 5.41 Å². The molecule has 0 amide bonds. The summed E-state index contributed by atoms with van der Waals surface area (Å²) in [5, 5.41) is 18.4. The Hall–Kier alpha value is 0.120. The number of halogens is 2. The number of hydrogen-bond acceptors (Lipinski definition) is 5. The van der Waals surface area contributed by atoms with Gasteiger partial charge >= 0.3 is 5.97 Å². The molecule has 124 valence electrons. The van der Waals surface area contributed by atoms with Crippen molar-refractivity contribution in [2.24, 2.45) is 5.41 Å². The van der Waals surface area contributed by atoms with Gasteiger partial charge in [-0.05, 0) is 27.2 Å². The van der Waals surface area contributed by atoms with Gasteiger partial charge < -0.3 is 19.7 Å². The van der Waals surface area contributed by atoms with Crippen LogP contribution in [-0.2, 0) is 14.3 Å². The average molecular weight is 388 g/mol. The summed E-state index contributed by atoms with van der Waals surface area (Å²) in [6.45, 7) is 5.24. The van der Waals surface area contributed by atoms with E-state index in [0.29, 0.717) is 12.8 Å². The predicted octanol–water partition coefficient (Wildman–Crippen LogP) is 1.85. The molecule has 1 heterocycles. The second-order valence-electron chi connectivity index (χ2n) is 6.33. The molecule has 1 saturated heterocycles. The Kier molecular flexibility index (Phi) is 7.40. The van der Waals surface area contributed by atoms with Crippen LogP contribution in [0.25, 0.3) is 0 Å². The van der Waals surface area contributed by atoms with E-state index in [4.69, 9.17) is 26.2 Å². The molecule has 5 nitrogen and oxygen atoms in total. The molecule has 1 aliphatic heterocycles. The second kappa shape index (κ2) is 8.11. The fourth-order valence-electron chi connectivity index (χ4n) is 2.04. The zero-order valence-electron chi connectivity index (χ0n) is 12.6. The molecule has 1 fully saturated rings. The fourth-order valence-corrected chi connectivity index (χ4v) is 3.47. The number of carbonyl (C=O) groups is 1. The number of carbonyl (C=O) groups excluding carboxylic acids is 1. The molecule has 1 rings (SSSR count). The van der Waals surface area contributed by atoms with Crippen molar-refractivity contribution in [1.82, 2.24) is 0 Å². The molecule has 21 heavy (non-hydrogen) atoms. The van der Waals surface area contributed by atoms with Crippen LogP contribution in [-0.4, -0.2) is 57.9 Å². The van der Waals surface area contributed by atoms with Crippen LogP contribution in [0.1, 0.15) is 33.6 Å². The number of alkyl halides is 2. The maximum absolute atomic E-state index is 11.7. The Bertz CT molecular complexity index is 347. The summed E-state index contributed by atoms with van der Waals surface area (Å²) >= 11 is 9.66. The Balaban J connectivity index is 2.48. The first-order valence-electron chi connectivity index (χ1n) is 7.06. The molecule has 0 bridgehead atoms. The zero-order chi connectivity index (χ0) is 16.2. The zero-order valence-corrected chi connectivity index (χ0v) is 14.9. The molecule has 0 aromatic carbocycles. The minimum Gasteiger partial charge on any atom is -0.465 e. The molecule has 0 radical (unpaired) electrons. The number of esters is 1. The van der Waals surface area contributed by atoms with E-state index in [9.17, 15) is 9.90 Å². The summed E-state index contributed by atoms with van der Waals surface area (Å²) in [6.07, 6.45) is -0.725. The largest absolute Gasteiger partial charge is 0.465 e. The van der Waals surface area contributed by atoms with Crippen LogP contribution in [0.4, 0.5) is 0 Å². The van der Waals surface area contributed by atoms with Crippen LogP contribution < -0.4 is 0 Å². The van der Waals surface area contributed by atoms with Gasteiger partial charge in [-0.1, -0.05) is 15.9 Å². The third kappa shape index (κ3) is 5.67. The van der Waals surface area contributed by atoms with Gasteiger partial charge in [0, 0.05) is 11.2 Å². The van der Waals surface area contributed by atoms with Gasteiger partial charge in [0.1, 0.15) is 12.2 Å². The van der Waals surface area contributed by atoms with Gasteiger partial charge in [0.05, 0.1) is 30.1 Å². The lowest BCUT2D eigenvalue weighted by Gasteiger charge is -2.38. The summed E-state index contributed by atoms with van der Waals surface area (Å²) in [4.78, 5) is 11.7. The molecular weight excluding hydrogens is 364 g/mol. The minimum absolute atomic E-state index is 0.0236. The Labute approximate surface area is 139 Å². The van der Waals surface area contributed by atoms with Crippen LogP contribution in [0.15, 0.2) is 0 Å². The van der Waals surface area contributed by atoms with Crippen molar-refractivity contribution < 1.29 is 24.5 Å². The Morgan fingerprint density at radius 3 is 2.67 bits per heavy atom. The molecule has 5 atom stereocenters. The number of ether oxygens (including phenoxy) is 2. The van der Waals surface area contributed by atoms with Crippen molar-refractivity contribution in [3.05, 3.63) is 0 Å². The number of aliphatic hydroxyl groups is 2. The molecule has 0 spiro atoms. The monoisotopic (exact) mass is 386 g/mol. The van der Waals surface area contributed by atoms with Gasteiger partial charge in [-0.15, -0.1) is 11.6 Å². The fraction of sp³-hybridized carbons (Fsp3) is 0.929. The second-order valence-corrected chi connectivity index (χ2v) is 8.07. The first kappa shape index (κ1) is 19.2. The molecule has 0 aromatic rings. The van der Waals surface area contributed by atoms with Gasteiger partial charge in [0.25, 0.3) is 0 Å². The van der Waals surface area contributed by atoms with Gasteiger partial charge in [0.2, 0.25) is 0 Å². The molecule has 2 N–H and O–H groups in total. The van der Waals surface area contributed by atoms with E-state index in [1.54, 1.807) is 20.8 Å². The normalized spacial score (nSPS) is 31.8. The van der Waals surface area contributed by atoms with Crippen molar-refractivity contribution in [1.29, 1.82) is 0 Å². The van der Waals surface area contributed by atoms with Gasteiger partial charge in [-0.3, -0.25) is 4.79 Å². The molecule has 0 aromatic heterocycles. The van der Waals surface area contributed by atoms with Gasteiger partial charge in [0.15, 0.2) is 0 Å². The maximum atomic E-state index is 11.7. The van der Waals surface area contributed by atoms with Crippen LogP contribution in [0.3, 0.4) is 0 Å². The van der Waals surface area contributed by atoms with Gasteiger partial charge in [-0.25, -0.2) is 0 Å². The van der Waals surface area contributed by atoms with Crippen LogP contribution in [0.5, 0.6) is 0 Å². The highest BCUT2D eigenvalue weighted by atomic mass is 79.9. The molecule has 0 saturated carbocycles. The Morgan fingerprint density at radius 1 is 1.52 bits per heavy atom. The van der Waals surface area contributed by atoms with Crippen molar-refractivity contribution in [2.45, 2.75) is 62.1 Å². The minimum atomic E-state index is -1.01. The molecule has 0 aliphatic carbocycles. The first-order chi connectivity index (χ1) is 9.66. The van der Waals surface area contributed by atoms with Crippen molar-refractivity contribution in [3.8, 4) is 0 Å². The Morgan fingerprint density at radius 2 is 2.14 bits per heavy atom. The maximum Gasteiger partial charge on any atom is 0.311 e. The first-order valence-corrected chi connectivity index (χ1v) is 8.41. The number of rotatable bonds is 5. The lowest BCUT2D eigenvalue weighted by atomic mass is 9.97. The van der Waals surface area contributed by atoms with Crippen molar-refractivity contribution in [2.75, 3.05) is 13.2 Å². The topological polar surface area (TPSA) is 76.0 Å². The van der Waals surface area contributed by atoms with Crippen LogP contribution >= 0.6 is 27.5 Å². The van der Waals surface area contributed by atoms with E-state index in [2.05, 4.69) is 15.9 Å². The highest BCUT2D eigenvalue weighted by molar-refractivity contribution is 9.09. The molecular formula is C14H24BrClO5. The van der Waals surface area contributed by atoms with E-state index < -0.39 is 24.2 Å². The van der Waals surface area contributed by atoms with E-state index in [-0.39, 0.29) is 28.9 Å². The van der Waals surface area contributed by atoms with Crippen molar-refractivity contribution >= 4 is 33.5 Å². The summed E-state index contributed by atoms with van der Waals surface area (Å²) < 4.78 is 11.0. The third-order valence-electron chi connectivity index (χ3n) is 3.36. The summed E-state index contributed by atoms with van der Waals surface area (Å²) in [5.41, 5.74) is -0.530. The summed E-state index contributed by atoms with van der Waals surface area (Å²) in [7, 11) is 0. The highest BCUT2D eigenvalue weighted by Gasteiger charge is 2.39. The molecule has 7 heteroatoms.